The van der Waals surface area contributed by atoms with Crippen molar-refractivity contribution >= 4 is 34.7 Å². The smallest absolute Gasteiger partial charge is 0.259 e. The van der Waals surface area contributed by atoms with E-state index in [1.165, 1.54) is 16.8 Å². The van der Waals surface area contributed by atoms with Crippen molar-refractivity contribution in [2.45, 2.75) is 0 Å². The normalized spacial score (nSPS) is 17.0. The molecule has 1 fully saturated rings. The van der Waals surface area contributed by atoms with Crippen LogP contribution in [0.25, 0.3) is 0 Å². The summed E-state index contributed by atoms with van der Waals surface area (Å²) in [5.41, 5.74) is 1.76. The highest BCUT2D eigenvalue weighted by molar-refractivity contribution is 8.15. The molecule has 2 aromatic rings. The van der Waals surface area contributed by atoms with Gasteiger partial charge < -0.3 is 0 Å². The molecule has 1 amide bonds. The molecular weight excluding hydrogens is 282 g/mol. The second-order valence-electron chi connectivity index (χ2n) is 4.38. The molecule has 0 aliphatic carbocycles. The summed E-state index contributed by atoms with van der Waals surface area (Å²) >= 11 is 1.40. The monoisotopic (exact) mass is 295 g/mol. The quantitative estimate of drug-likeness (QED) is 0.816. The molecule has 1 aliphatic heterocycles. The lowest BCUT2D eigenvalue weighted by Crippen LogP contribution is -2.23. The van der Waals surface area contributed by atoms with E-state index in [1.807, 2.05) is 60.7 Å². The lowest BCUT2D eigenvalue weighted by atomic mass is 10.2. The van der Waals surface area contributed by atoms with E-state index in [0.29, 0.717) is 10.9 Å². The number of rotatable bonds is 3. The van der Waals surface area contributed by atoms with Crippen molar-refractivity contribution in [3.63, 3.8) is 0 Å². The summed E-state index contributed by atoms with van der Waals surface area (Å²) in [5.74, 6) is 0.319. The maximum atomic E-state index is 11.9. The van der Waals surface area contributed by atoms with Gasteiger partial charge in [0.2, 0.25) is 0 Å². The number of hydrogen-bond donors (Lipinski definition) is 0. The molecule has 0 radical (unpaired) electrons. The Balaban J connectivity index is 1.83. The lowest BCUT2D eigenvalue weighted by molar-refractivity contribution is -0.124. The first kappa shape index (κ1) is 13.6. The molecule has 0 spiro atoms. The molecule has 1 heterocycles. The van der Waals surface area contributed by atoms with E-state index < -0.39 is 0 Å². The van der Waals surface area contributed by atoms with Crippen LogP contribution in [0, 0.1) is 0 Å². The topological polar surface area (TPSA) is 45.0 Å². The molecular formula is C16H13N3OS. The van der Waals surface area contributed by atoms with Crippen molar-refractivity contribution in [2.75, 3.05) is 5.75 Å². The number of hydrogen-bond acceptors (Lipinski definition) is 4. The Morgan fingerprint density at radius 1 is 1.00 bits per heavy atom. The Kier molecular flexibility index (Phi) is 4.12. The van der Waals surface area contributed by atoms with E-state index in [-0.39, 0.29) is 5.91 Å². The van der Waals surface area contributed by atoms with E-state index in [1.54, 1.807) is 6.21 Å². The summed E-state index contributed by atoms with van der Waals surface area (Å²) in [6.45, 7) is 0. The fraction of sp³-hybridized carbons (Fsp3) is 0.0625. The third-order valence-electron chi connectivity index (χ3n) is 2.84. The Bertz CT molecular complexity index is 683. The fourth-order valence-electron chi connectivity index (χ4n) is 1.83. The van der Waals surface area contributed by atoms with Gasteiger partial charge in [-0.05, 0) is 17.7 Å². The van der Waals surface area contributed by atoms with E-state index in [2.05, 4.69) is 10.1 Å². The highest BCUT2D eigenvalue weighted by Gasteiger charge is 2.27. The SMILES string of the molecule is O=C1CSC(=Nc2ccccc2)N1/N=C\c1ccccc1. The molecule has 21 heavy (non-hydrogen) atoms. The lowest BCUT2D eigenvalue weighted by Gasteiger charge is -2.08. The third kappa shape index (κ3) is 3.38. The van der Waals surface area contributed by atoms with Gasteiger partial charge in [0.05, 0.1) is 17.7 Å². The van der Waals surface area contributed by atoms with Crippen molar-refractivity contribution in [3.05, 3.63) is 66.2 Å². The maximum Gasteiger partial charge on any atom is 0.259 e. The minimum atomic E-state index is -0.0538. The van der Waals surface area contributed by atoms with Crippen LogP contribution in [-0.2, 0) is 4.79 Å². The first-order chi connectivity index (χ1) is 10.3. The molecule has 3 rings (SSSR count). The third-order valence-corrected chi connectivity index (χ3v) is 3.76. The van der Waals surface area contributed by atoms with Crippen molar-refractivity contribution in [1.82, 2.24) is 5.01 Å². The summed E-state index contributed by atoms with van der Waals surface area (Å²) in [6, 6.07) is 19.2. The van der Waals surface area contributed by atoms with E-state index in [4.69, 9.17) is 0 Å². The summed E-state index contributed by atoms with van der Waals surface area (Å²) in [7, 11) is 0. The Labute approximate surface area is 127 Å². The fourth-order valence-corrected chi connectivity index (χ4v) is 2.64. The molecule has 5 heteroatoms. The van der Waals surface area contributed by atoms with Crippen LogP contribution >= 0.6 is 11.8 Å². The highest BCUT2D eigenvalue weighted by atomic mass is 32.2. The van der Waals surface area contributed by atoms with Crippen LogP contribution in [0.2, 0.25) is 0 Å². The number of aliphatic imine (C=N–C) groups is 1. The maximum absolute atomic E-state index is 11.9. The first-order valence-electron chi connectivity index (χ1n) is 6.51. The molecule has 0 aromatic heterocycles. The van der Waals surface area contributed by atoms with Gasteiger partial charge in [-0.25, -0.2) is 4.99 Å². The average molecular weight is 295 g/mol. The number of para-hydroxylation sites is 1. The minimum absolute atomic E-state index is 0.0538. The van der Waals surface area contributed by atoms with Crippen LogP contribution in [0.15, 0.2) is 70.8 Å². The second kappa shape index (κ2) is 6.37. The second-order valence-corrected chi connectivity index (χ2v) is 5.32. The molecule has 0 bridgehead atoms. The number of nitrogens with zero attached hydrogens (tertiary/aromatic N) is 3. The average Bonchev–Trinajstić information content (AvgIpc) is 2.87. The van der Waals surface area contributed by atoms with Gasteiger partial charge in [-0.3, -0.25) is 4.79 Å². The van der Waals surface area contributed by atoms with Crippen LogP contribution in [0.4, 0.5) is 5.69 Å². The zero-order chi connectivity index (χ0) is 14.5. The summed E-state index contributed by atoms with van der Waals surface area (Å²) < 4.78 is 0. The number of amides is 1. The molecule has 0 N–H and O–H groups in total. The van der Waals surface area contributed by atoms with Gasteiger partial charge >= 0.3 is 0 Å². The summed E-state index contributed by atoms with van der Waals surface area (Å²) in [6.07, 6.45) is 1.67. The predicted molar refractivity (Wildman–Crippen MR) is 86.9 cm³/mol. The van der Waals surface area contributed by atoms with Gasteiger partial charge in [0.25, 0.3) is 5.91 Å². The van der Waals surface area contributed by atoms with Crippen molar-refractivity contribution in [3.8, 4) is 0 Å². The van der Waals surface area contributed by atoms with Gasteiger partial charge in [0.15, 0.2) is 5.17 Å². The van der Waals surface area contributed by atoms with Gasteiger partial charge in [0, 0.05) is 0 Å². The van der Waals surface area contributed by atoms with E-state index in [0.717, 1.165) is 11.3 Å². The van der Waals surface area contributed by atoms with Crippen molar-refractivity contribution in [1.29, 1.82) is 0 Å². The molecule has 0 unspecified atom stereocenters. The van der Waals surface area contributed by atoms with Gasteiger partial charge in [-0.15, -0.1) is 0 Å². The molecule has 2 aromatic carbocycles. The van der Waals surface area contributed by atoms with E-state index >= 15 is 0 Å². The highest BCUT2D eigenvalue weighted by Crippen LogP contribution is 2.23. The van der Waals surface area contributed by atoms with Crippen LogP contribution in [0.1, 0.15) is 5.56 Å². The zero-order valence-corrected chi connectivity index (χ0v) is 12.0. The number of carbonyl (C=O) groups excluding carboxylic acids is 1. The zero-order valence-electron chi connectivity index (χ0n) is 11.2. The van der Waals surface area contributed by atoms with Crippen LogP contribution in [0.3, 0.4) is 0 Å². The molecule has 0 atom stereocenters. The Hall–Kier alpha value is -2.40. The van der Waals surface area contributed by atoms with Crippen molar-refractivity contribution < 1.29 is 4.79 Å². The first-order valence-corrected chi connectivity index (χ1v) is 7.50. The standard InChI is InChI=1S/C16H13N3OS/c20-15-12-21-16(18-14-9-5-2-6-10-14)19(15)17-11-13-7-3-1-4-8-13/h1-11H,12H2/b17-11-,18-16?. The molecule has 1 aliphatic rings. The van der Waals surface area contributed by atoms with Crippen LogP contribution in [0.5, 0.6) is 0 Å². The van der Waals surface area contributed by atoms with Gasteiger partial charge in [-0.2, -0.15) is 10.1 Å². The molecule has 1 saturated heterocycles. The molecule has 104 valence electrons. The van der Waals surface area contributed by atoms with Crippen molar-refractivity contribution in [2.24, 2.45) is 10.1 Å². The van der Waals surface area contributed by atoms with Crippen LogP contribution in [-0.4, -0.2) is 28.1 Å². The molecule has 0 saturated carbocycles. The minimum Gasteiger partial charge on any atom is -0.271 e. The number of hydrazone groups is 1. The molecule has 4 nitrogen and oxygen atoms in total. The van der Waals surface area contributed by atoms with Crippen LogP contribution < -0.4 is 0 Å². The summed E-state index contributed by atoms with van der Waals surface area (Å²) in [5, 5.41) is 6.23. The number of carbonyl (C=O) groups is 1. The largest absolute Gasteiger partial charge is 0.271 e. The Morgan fingerprint density at radius 2 is 1.67 bits per heavy atom. The number of benzene rings is 2. The van der Waals surface area contributed by atoms with Gasteiger partial charge in [-0.1, -0.05) is 60.3 Å². The van der Waals surface area contributed by atoms with E-state index in [9.17, 15) is 4.79 Å². The summed E-state index contributed by atoms with van der Waals surface area (Å²) in [4.78, 5) is 16.4. The Morgan fingerprint density at radius 3 is 2.38 bits per heavy atom. The number of thioether (sulfide) groups is 1. The number of amidine groups is 1. The van der Waals surface area contributed by atoms with Gasteiger partial charge in [0.1, 0.15) is 0 Å². The predicted octanol–water partition coefficient (Wildman–Crippen LogP) is 3.28.